The maximum Gasteiger partial charge on any atom is 0.252 e. The predicted octanol–water partition coefficient (Wildman–Crippen LogP) is 1.17. The van der Waals surface area contributed by atoms with Gasteiger partial charge in [0, 0.05) is 12.4 Å². The minimum atomic E-state index is 0.418. The topological polar surface area (TPSA) is 47.4 Å². The molecule has 0 aliphatic heterocycles. The number of ether oxygens (including phenoxy) is 1. The van der Waals surface area contributed by atoms with Gasteiger partial charge in [-0.15, -0.1) is 0 Å². The van der Waals surface area contributed by atoms with Crippen molar-refractivity contribution in [3.63, 3.8) is 0 Å². The predicted molar refractivity (Wildman–Crippen MR) is 41.8 cm³/mol. The van der Waals surface area contributed by atoms with Gasteiger partial charge in [0.15, 0.2) is 6.40 Å². The van der Waals surface area contributed by atoms with Crippen molar-refractivity contribution >= 4 is 12.3 Å². The minimum Gasteiger partial charge on any atom is -0.483 e. The summed E-state index contributed by atoms with van der Waals surface area (Å²) in [6.45, 7) is 2.49. The standard InChI is InChI=1S/C7H9N3O/c1-2-11-6-10-7-8-4-3-5-9-7/h3-6H,2H2,1H3/b10-6+. The number of aromatic nitrogens is 2. The molecule has 0 N–H and O–H groups in total. The van der Waals surface area contributed by atoms with E-state index >= 15 is 0 Å². The van der Waals surface area contributed by atoms with Crippen LogP contribution >= 0.6 is 0 Å². The average molecular weight is 151 g/mol. The third kappa shape index (κ3) is 2.75. The smallest absolute Gasteiger partial charge is 0.252 e. The molecule has 4 nitrogen and oxygen atoms in total. The number of hydrogen-bond acceptors (Lipinski definition) is 4. The molecule has 0 bridgehead atoms. The van der Waals surface area contributed by atoms with E-state index in [4.69, 9.17) is 4.74 Å². The highest BCUT2D eigenvalue weighted by atomic mass is 16.5. The molecule has 0 aliphatic carbocycles. The molecule has 0 spiro atoms. The van der Waals surface area contributed by atoms with Crippen molar-refractivity contribution < 1.29 is 4.74 Å². The highest BCUT2D eigenvalue weighted by molar-refractivity contribution is 5.50. The summed E-state index contributed by atoms with van der Waals surface area (Å²) in [4.78, 5) is 11.5. The molecule has 1 aromatic rings. The van der Waals surface area contributed by atoms with Crippen molar-refractivity contribution in [2.24, 2.45) is 4.99 Å². The van der Waals surface area contributed by atoms with Gasteiger partial charge in [-0.05, 0) is 13.0 Å². The Bertz CT molecular complexity index is 222. The van der Waals surface area contributed by atoms with E-state index in [0.29, 0.717) is 12.6 Å². The number of aliphatic imine (C=N–C) groups is 1. The largest absolute Gasteiger partial charge is 0.483 e. The number of rotatable bonds is 3. The van der Waals surface area contributed by atoms with Gasteiger partial charge in [0.1, 0.15) is 0 Å². The van der Waals surface area contributed by atoms with Crippen LogP contribution in [-0.4, -0.2) is 23.0 Å². The molecule has 0 aromatic carbocycles. The quantitative estimate of drug-likeness (QED) is 0.481. The molecule has 4 heteroatoms. The van der Waals surface area contributed by atoms with E-state index < -0.39 is 0 Å². The minimum absolute atomic E-state index is 0.418. The van der Waals surface area contributed by atoms with Gasteiger partial charge >= 0.3 is 0 Å². The summed E-state index contributed by atoms with van der Waals surface area (Å²) in [5, 5.41) is 0. The summed E-state index contributed by atoms with van der Waals surface area (Å²) in [5.41, 5.74) is 0. The van der Waals surface area contributed by atoms with E-state index in [1.165, 1.54) is 6.40 Å². The van der Waals surface area contributed by atoms with E-state index in [-0.39, 0.29) is 0 Å². The lowest BCUT2D eigenvalue weighted by atomic mass is 10.7. The number of nitrogens with zero attached hydrogens (tertiary/aromatic N) is 3. The number of hydrogen-bond donors (Lipinski definition) is 0. The summed E-state index contributed by atoms with van der Waals surface area (Å²) < 4.78 is 4.87. The summed E-state index contributed by atoms with van der Waals surface area (Å²) >= 11 is 0. The third-order valence-electron chi connectivity index (χ3n) is 0.962. The molecule has 1 heterocycles. The Balaban J connectivity index is 2.50. The van der Waals surface area contributed by atoms with Gasteiger partial charge < -0.3 is 4.74 Å². The van der Waals surface area contributed by atoms with Crippen LogP contribution in [0.5, 0.6) is 0 Å². The lowest BCUT2D eigenvalue weighted by molar-refractivity contribution is 0.343. The maximum atomic E-state index is 4.87. The van der Waals surface area contributed by atoms with Crippen LogP contribution in [-0.2, 0) is 4.74 Å². The van der Waals surface area contributed by atoms with Crippen LogP contribution < -0.4 is 0 Å². The normalized spacial score (nSPS) is 10.3. The molecular weight excluding hydrogens is 142 g/mol. The molecule has 0 saturated carbocycles. The zero-order chi connectivity index (χ0) is 7.94. The van der Waals surface area contributed by atoms with E-state index in [1.807, 2.05) is 6.92 Å². The van der Waals surface area contributed by atoms with Crippen molar-refractivity contribution in [1.82, 2.24) is 9.97 Å². The van der Waals surface area contributed by atoms with E-state index in [2.05, 4.69) is 15.0 Å². The van der Waals surface area contributed by atoms with E-state index in [9.17, 15) is 0 Å². The van der Waals surface area contributed by atoms with Gasteiger partial charge in [-0.2, -0.15) is 4.99 Å². The molecule has 0 radical (unpaired) electrons. The van der Waals surface area contributed by atoms with Crippen molar-refractivity contribution in [3.05, 3.63) is 18.5 Å². The van der Waals surface area contributed by atoms with Gasteiger partial charge in [0.05, 0.1) is 6.61 Å². The second-order valence-corrected chi connectivity index (χ2v) is 1.74. The fraction of sp³-hybridized carbons (Fsp3) is 0.286. The second kappa shape index (κ2) is 4.38. The first-order chi connectivity index (χ1) is 5.43. The van der Waals surface area contributed by atoms with Crippen molar-refractivity contribution in [2.45, 2.75) is 6.92 Å². The first-order valence-corrected chi connectivity index (χ1v) is 3.34. The highest BCUT2D eigenvalue weighted by Crippen LogP contribution is 1.96. The van der Waals surface area contributed by atoms with Gasteiger partial charge in [-0.1, -0.05) is 0 Å². The Morgan fingerprint density at radius 2 is 2.27 bits per heavy atom. The van der Waals surface area contributed by atoms with E-state index in [1.54, 1.807) is 18.5 Å². The first kappa shape index (κ1) is 7.65. The Kier molecular flexibility index (Phi) is 3.05. The molecule has 1 rings (SSSR count). The molecule has 58 valence electrons. The Morgan fingerprint density at radius 1 is 1.55 bits per heavy atom. The van der Waals surface area contributed by atoms with Gasteiger partial charge in [-0.3, -0.25) is 0 Å². The van der Waals surface area contributed by atoms with Crippen LogP contribution in [0.15, 0.2) is 23.5 Å². The zero-order valence-electron chi connectivity index (χ0n) is 6.27. The van der Waals surface area contributed by atoms with E-state index in [0.717, 1.165) is 0 Å². The van der Waals surface area contributed by atoms with Crippen LogP contribution in [0.25, 0.3) is 0 Å². The lowest BCUT2D eigenvalue weighted by Crippen LogP contribution is -1.85. The molecule has 1 aromatic heterocycles. The second-order valence-electron chi connectivity index (χ2n) is 1.74. The lowest BCUT2D eigenvalue weighted by Gasteiger charge is -1.90. The van der Waals surface area contributed by atoms with Crippen LogP contribution in [0.1, 0.15) is 6.92 Å². The fourth-order valence-electron chi connectivity index (χ4n) is 0.517. The third-order valence-corrected chi connectivity index (χ3v) is 0.962. The van der Waals surface area contributed by atoms with Crippen molar-refractivity contribution in [2.75, 3.05) is 6.61 Å². The molecular formula is C7H9N3O. The van der Waals surface area contributed by atoms with Crippen LogP contribution in [0, 0.1) is 0 Å². The monoisotopic (exact) mass is 151 g/mol. The average Bonchev–Trinajstić information content (AvgIpc) is 2.07. The summed E-state index contributed by atoms with van der Waals surface area (Å²) in [5.74, 6) is 0.418. The highest BCUT2D eigenvalue weighted by Gasteiger charge is 1.84. The summed E-state index contributed by atoms with van der Waals surface area (Å²) in [7, 11) is 0. The molecule has 0 fully saturated rings. The molecule has 0 saturated heterocycles. The van der Waals surface area contributed by atoms with Crippen LogP contribution in [0.2, 0.25) is 0 Å². The Morgan fingerprint density at radius 3 is 2.91 bits per heavy atom. The van der Waals surface area contributed by atoms with Gasteiger partial charge in [-0.25, -0.2) is 9.97 Å². The van der Waals surface area contributed by atoms with Gasteiger partial charge in [0.2, 0.25) is 0 Å². The van der Waals surface area contributed by atoms with Crippen molar-refractivity contribution in [1.29, 1.82) is 0 Å². The first-order valence-electron chi connectivity index (χ1n) is 3.34. The van der Waals surface area contributed by atoms with Crippen molar-refractivity contribution in [3.8, 4) is 0 Å². The molecule has 0 amide bonds. The van der Waals surface area contributed by atoms with Crippen LogP contribution in [0.3, 0.4) is 0 Å². The molecule has 11 heavy (non-hydrogen) atoms. The Hall–Kier alpha value is -1.45. The molecule has 0 aliphatic rings. The maximum absolute atomic E-state index is 4.87. The van der Waals surface area contributed by atoms with Crippen LogP contribution in [0.4, 0.5) is 5.95 Å². The molecule has 0 atom stereocenters. The van der Waals surface area contributed by atoms with Gasteiger partial charge in [0.25, 0.3) is 5.95 Å². The SMILES string of the molecule is CCO/C=N/c1ncccn1. The summed E-state index contributed by atoms with van der Waals surface area (Å²) in [6.07, 6.45) is 4.60. The summed E-state index contributed by atoms with van der Waals surface area (Å²) in [6, 6.07) is 1.74. The zero-order valence-corrected chi connectivity index (χ0v) is 6.27. The Labute approximate surface area is 65.0 Å². The molecule has 0 unspecified atom stereocenters. The fourth-order valence-corrected chi connectivity index (χ4v) is 0.517.